The fourth-order valence-electron chi connectivity index (χ4n) is 2.20. The van der Waals surface area contributed by atoms with Gasteiger partial charge in [-0.05, 0) is 55.8 Å². The van der Waals surface area contributed by atoms with Crippen LogP contribution in [0.25, 0.3) is 0 Å². The summed E-state index contributed by atoms with van der Waals surface area (Å²) < 4.78 is 5.72. The van der Waals surface area contributed by atoms with E-state index in [2.05, 4.69) is 17.6 Å². The number of amides is 2. The molecule has 144 valence electrons. The molecule has 2 aromatic rings. The number of ether oxygens (including phenoxy) is 1. The Hall–Kier alpha value is -2.82. The summed E-state index contributed by atoms with van der Waals surface area (Å²) in [5.74, 6) is 0.444. The van der Waals surface area contributed by atoms with Gasteiger partial charge in [-0.25, -0.2) is 0 Å². The molecule has 2 amide bonds. The molecule has 2 aromatic carbocycles. The standard InChI is InChI=1S/C22H28N2O3/c1-6-15(2)27-19-12-10-16(11-13-19)20(25)23-17-8-7-9-18(14-17)24-21(26)22(3,4)5/h7-15H,6H2,1-5H3,(H,23,25)(H,24,26). The monoisotopic (exact) mass is 368 g/mol. The van der Waals surface area contributed by atoms with Gasteiger partial charge in [0.25, 0.3) is 5.91 Å². The smallest absolute Gasteiger partial charge is 0.255 e. The summed E-state index contributed by atoms with van der Waals surface area (Å²) in [6.45, 7) is 9.62. The van der Waals surface area contributed by atoms with Gasteiger partial charge < -0.3 is 15.4 Å². The van der Waals surface area contributed by atoms with Crippen molar-refractivity contribution in [3.05, 3.63) is 54.1 Å². The van der Waals surface area contributed by atoms with Gasteiger partial charge in [0.1, 0.15) is 5.75 Å². The van der Waals surface area contributed by atoms with Crippen LogP contribution in [0.3, 0.4) is 0 Å². The number of carbonyl (C=O) groups is 2. The molecule has 0 aliphatic rings. The number of hydrogen-bond acceptors (Lipinski definition) is 3. The van der Waals surface area contributed by atoms with Crippen LogP contribution >= 0.6 is 0 Å². The van der Waals surface area contributed by atoms with Gasteiger partial charge in [0.05, 0.1) is 6.10 Å². The summed E-state index contributed by atoms with van der Waals surface area (Å²) in [5, 5.41) is 5.71. The summed E-state index contributed by atoms with van der Waals surface area (Å²) >= 11 is 0. The Morgan fingerprint density at radius 3 is 2.15 bits per heavy atom. The highest BCUT2D eigenvalue weighted by Crippen LogP contribution is 2.21. The first-order valence-electron chi connectivity index (χ1n) is 9.18. The lowest BCUT2D eigenvalue weighted by atomic mass is 9.95. The van der Waals surface area contributed by atoms with Crippen molar-refractivity contribution in [2.24, 2.45) is 5.41 Å². The van der Waals surface area contributed by atoms with Crippen LogP contribution in [0.1, 0.15) is 51.4 Å². The SMILES string of the molecule is CCC(C)Oc1ccc(C(=O)Nc2cccc(NC(=O)C(C)(C)C)c2)cc1. The van der Waals surface area contributed by atoms with Crippen LogP contribution < -0.4 is 15.4 Å². The number of benzene rings is 2. The third-order valence-corrected chi connectivity index (χ3v) is 4.09. The number of carbonyl (C=O) groups excluding carboxylic acids is 2. The molecular formula is C22H28N2O3. The van der Waals surface area contributed by atoms with Gasteiger partial charge in [0.2, 0.25) is 5.91 Å². The average Bonchev–Trinajstić information content (AvgIpc) is 2.61. The fraction of sp³-hybridized carbons (Fsp3) is 0.364. The second-order valence-corrected chi connectivity index (χ2v) is 7.60. The number of hydrogen-bond donors (Lipinski definition) is 2. The molecule has 0 aromatic heterocycles. The van der Waals surface area contributed by atoms with Gasteiger partial charge in [-0.15, -0.1) is 0 Å². The van der Waals surface area contributed by atoms with Crippen molar-refractivity contribution in [1.29, 1.82) is 0 Å². The maximum Gasteiger partial charge on any atom is 0.255 e. The molecule has 0 aliphatic heterocycles. The zero-order valence-electron chi connectivity index (χ0n) is 16.6. The van der Waals surface area contributed by atoms with Crippen molar-refractivity contribution in [2.75, 3.05) is 10.6 Å². The Morgan fingerprint density at radius 1 is 1.00 bits per heavy atom. The van der Waals surface area contributed by atoms with E-state index in [9.17, 15) is 9.59 Å². The van der Waals surface area contributed by atoms with Crippen LogP contribution in [0.15, 0.2) is 48.5 Å². The maximum atomic E-state index is 12.5. The Balaban J connectivity index is 2.03. The first-order valence-corrected chi connectivity index (χ1v) is 9.18. The van der Waals surface area contributed by atoms with Gasteiger partial charge in [-0.3, -0.25) is 9.59 Å². The van der Waals surface area contributed by atoms with Crippen molar-refractivity contribution in [3.8, 4) is 5.75 Å². The molecule has 5 nitrogen and oxygen atoms in total. The Labute approximate surface area is 161 Å². The third-order valence-electron chi connectivity index (χ3n) is 4.09. The lowest BCUT2D eigenvalue weighted by molar-refractivity contribution is -0.123. The van der Waals surface area contributed by atoms with Crippen LogP contribution in [0.4, 0.5) is 11.4 Å². The van der Waals surface area contributed by atoms with E-state index in [4.69, 9.17) is 4.74 Å². The molecule has 2 rings (SSSR count). The first-order chi connectivity index (χ1) is 12.7. The van der Waals surface area contributed by atoms with Crippen molar-refractivity contribution in [1.82, 2.24) is 0 Å². The highest BCUT2D eigenvalue weighted by Gasteiger charge is 2.21. The summed E-state index contributed by atoms with van der Waals surface area (Å²) in [7, 11) is 0. The molecule has 0 spiro atoms. The predicted molar refractivity (Wildman–Crippen MR) is 109 cm³/mol. The lowest BCUT2D eigenvalue weighted by Gasteiger charge is -2.18. The molecule has 27 heavy (non-hydrogen) atoms. The van der Waals surface area contributed by atoms with Crippen molar-refractivity contribution < 1.29 is 14.3 Å². The highest BCUT2D eigenvalue weighted by molar-refractivity contribution is 6.04. The molecule has 1 atom stereocenters. The second kappa shape index (κ2) is 8.71. The lowest BCUT2D eigenvalue weighted by Crippen LogP contribution is -2.27. The topological polar surface area (TPSA) is 67.4 Å². The largest absolute Gasteiger partial charge is 0.491 e. The minimum absolute atomic E-state index is 0.0807. The average molecular weight is 368 g/mol. The van der Waals surface area contributed by atoms with Crippen LogP contribution in [-0.2, 0) is 4.79 Å². The van der Waals surface area contributed by atoms with Crippen LogP contribution in [0, 0.1) is 5.41 Å². The minimum Gasteiger partial charge on any atom is -0.491 e. The molecule has 0 saturated carbocycles. The quantitative estimate of drug-likeness (QED) is 0.745. The maximum absolute atomic E-state index is 12.5. The molecule has 0 heterocycles. The number of anilines is 2. The summed E-state index contributed by atoms with van der Waals surface area (Å²) in [4.78, 5) is 24.6. The van der Waals surface area contributed by atoms with E-state index in [1.165, 1.54) is 0 Å². The highest BCUT2D eigenvalue weighted by atomic mass is 16.5. The molecule has 1 unspecified atom stereocenters. The van der Waals surface area contributed by atoms with Crippen LogP contribution in [0.2, 0.25) is 0 Å². The first kappa shape index (κ1) is 20.5. The van der Waals surface area contributed by atoms with Gasteiger partial charge in [0.15, 0.2) is 0 Å². The second-order valence-electron chi connectivity index (χ2n) is 7.60. The predicted octanol–water partition coefficient (Wildman–Crippen LogP) is 5.10. The zero-order chi connectivity index (χ0) is 20.0. The third kappa shape index (κ3) is 6.13. The molecule has 5 heteroatoms. The normalized spacial score (nSPS) is 12.2. The van der Waals surface area contributed by atoms with E-state index in [1.54, 1.807) is 48.5 Å². The summed E-state index contributed by atoms with van der Waals surface area (Å²) in [5.41, 5.74) is 1.31. The van der Waals surface area contributed by atoms with Crippen molar-refractivity contribution >= 4 is 23.2 Å². The molecule has 0 radical (unpaired) electrons. The molecule has 0 aliphatic carbocycles. The number of nitrogens with one attached hydrogen (secondary N) is 2. The van der Waals surface area contributed by atoms with Crippen molar-refractivity contribution in [2.45, 2.75) is 47.1 Å². The molecule has 0 bridgehead atoms. The van der Waals surface area contributed by atoms with Gasteiger partial charge in [-0.1, -0.05) is 33.8 Å². The fourth-order valence-corrected chi connectivity index (χ4v) is 2.20. The minimum atomic E-state index is -0.488. The van der Waals surface area contributed by atoms with E-state index in [1.807, 2.05) is 27.7 Å². The number of rotatable bonds is 6. The zero-order valence-corrected chi connectivity index (χ0v) is 16.6. The van der Waals surface area contributed by atoms with Crippen LogP contribution in [-0.4, -0.2) is 17.9 Å². The van der Waals surface area contributed by atoms with Gasteiger partial charge >= 0.3 is 0 Å². The summed E-state index contributed by atoms with van der Waals surface area (Å²) in [6, 6.07) is 14.2. The van der Waals surface area contributed by atoms with E-state index in [-0.39, 0.29) is 17.9 Å². The van der Waals surface area contributed by atoms with Gasteiger partial charge in [-0.2, -0.15) is 0 Å². The molecule has 2 N–H and O–H groups in total. The Bertz CT molecular complexity index is 792. The van der Waals surface area contributed by atoms with Crippen molar-refractivity contribution in [3.63, 3.8) is 0 Å². The Kier molecular flexibility index (Phi) is 6.61. The molecule has 0 saturated heterocycles. The molecule has 0 fully saturated rings. The van der Waals surface area contributed by atoms with Gasteiger partial charge in [0, 0.05) is 22.4 Å². The van der Waals surface area contributed by atoms with E-state index >= 15 is 0 Å². The van der Waals surface area contributed by atoms with E-state index in [0.29, 0.717) is 16.9 Å². The van der Waals surface area contributed by atoms with E-state index < -0.39 is 5.41 Å². The van der Waals surface area contributed by atoms with E-state index in [0.717, 1.165) is 12.2 Å². The molecular weight excluding hydrogens is 340 g/mol. The van der Waals surface area contributed by atoms with Crippen LogP contribution in [0.5, 0.6) is 5.75 Å². The Morgan fingerprint density at radius 2 is 1.59 bits per heavy atom. The summed E-state index contributed by atoms with van der Waals surface area (Å²) in [6.07, 6.45) is 1.06.